The SMILES string of the molecule is CC(C(=O)N1CC2CC(C1)c1ccc(N([O-])O)c(=O)n1C2)c1ccc(CC2CCCC2=O)cc1. The second-order valence-corrected chi connectivity index (χ2v) is 10.1. The molecule has 3 aliphatic rings. The highest BCUT2D eigenvalue weighted by Gasteiger charge is 2.38. The van der Waals surface area contributed by atoms with Gasteiger partial charge < -0.3 is 19.9 Å². The molecule has 0 radical (unpaired) electrons. The Kier molecular flexibility index (Phi) is 6.04. The number of anilines is 1. The number of rotatable bonds is 5. The van der Waals surface area contributed by atoms with Crippen molar-refractivity contribution in [2.75, 3.05) is 18.3 Å². The average molecular weight is 465 g/mol. The van der Waals surface area contributed by atoms with Gasteiger partial charge in [-0.3, -0.25) is 19.6 Å². The van der Waals surface area contributed by atoms with Crippen LogP contribution >= 0.6 is 0 Å². The van der Waals surface area contributed by atoms with Crippen molar-refractivity contribution in [1.82, 2.24) is 9.47 Å². The zero-order valence-corrected chi connectivity index (χ0v) is 19.4. The molecule has 2 aliphatic heterocycles. The highest BCUT2D eigenvalue weighted by Crippen LogP contribution is 2.37. The minimum atomic E-state index is -0.489. The Morgan fingerprint density at radius 3 is 2.59 bits per heavy atom. The van der Waals surface area contributed by atoms with Crippen molar-refractivity contribution in [3.63, 3.8) is 0 Å². The van der Waals surface area contributed by atoms with Crippen molar-refractivity contribution in [2.24, 2.45) is 11.8 Å². The zero-order chi connectivity index (χ0) is 24.0. The van der Waals surface area contributed by atoms with E-state index in [4.69, 9.17) is 0 Å². The van der Waals surface area contributed by atoms with Gasteiger partial charge >= 0.3 is 0 Å². The molecule has 0 spiro atoms. The summed E-state index contributed by atoms with van der Waals surface area (Å²) in [4.78, 5) is 39.9. The van der Waals surface area contributed by atoms with Crippen LogP contribution in [0.5, 0.6) is 0 Å². The third kappa shape index (κ3) is 4.16. The molecule has 1 aromatic heterocycles. The molecule has 4 unspecified atom stereocenters. The van der Waals surface area contributed by atoms with Crippen LogP contribution in [0.4, 0.5) is 5.69 Å². The van der Waals surface area contributed by atoms with E-state index in [2.05, 4.69) is 0 Å². The number of aromatic nitrogens is 1. The maximum absolute atomic E-state index is 13.4. The predicted molar refractivity (Wildman–Crippen MR) is 127 cm³/mol. The number of amides is 1. The van der Waals surface area contributed by atoms with Crippen LogP contribution in [0, 0.1) is 17.0 Å². The third-order valence-corrected chi connectivity index (χ3v) is 7.87. The molecule has 1 aliphatic carbocycles. The highest BCUT2D eigenvalue weighted by atomic mass is 16.8. The summed E-state index contributed by atoms with van der Waals surface area (Å²) in [7, 11) is 0. The molecule has 2 bridgehead atoms. The van der Waals surface area contributed by atoms with Gasteiger partial charge in [-0.15, -0.1) is 0 Å². The van der Waals surface area contributed by atoms with Crippen LogP contribution in [0.2, 0.25) is 0 Å². The van der Waals surface area contributed by atoms with E-state index in [1.54, 1.807) is 10.6 Å². The van der Waals surface area contributed by atoms with Crippen molar-refractivity contribution in [3.8, 4) is 0 Å². The Labute approximate surface area is 198 Å². The van der Waals surface area contributed by atoms with Crippen LogP contribution in [-0.4, -0.2) is 39.5 Å². The molecule has 1 amide bonds. The Hall–Kier alpha value is -2.97. The van der Waals surface area contributed by atoms with E-state index >= 15 is 0 Å². The molecule has 5 rings (SSSR count). The van der Waals surface area contributed by atoms with E-state index in [1.165, 1.54) is 6.07 Å². The fourth-order valence-corrected chi connectivity index (χ4v) is 6.01. The van der Waals surface area contributed by atoms with Gasteiger partial charge in [-0.25, -0.2) is 0 Å². The summed E-state index contributed by atoms with van der Waals surface area (Å²) in [5.41, 5.74) is 2.13. The molecule has 1 N–H and O–H groups in total. The molecule has 2 fully saturated rings. The van der Waals surface area contributed by atoms with Gasteiger partial charge in [0.1, 0.15) is 11.5 Å². The normalized spacial score (nSPS) is 24.6. The number of hydrogen-bond acceptors (Lipinski definition) is 6. The first-order chi connectivity index (χ1) is 16.3. The van der Waals surface area contributed by atoms with Crippen LogP contribution in [0.15, 0.2) is 41.2 Å². The fourth-order valence-electron chi connectivity index (χ4n) is 6.01. The summed E-state index contributed by atoms with van der Waals surface area (Å²) >= 11 is 0. The molecule has 1 aromatic carbocycles. The van der Waals surface area contributed by atoms with Crippen LogP contribution in [0.1, 0.15) is 61.3 Å². The second-order valence-electron chi connectivity index (χ2n) is 10.1. The Balaban J connectivity index is 1.28. The first-order valence-corrected chi connectivity index (χ1v) is 12.1. The predicted octanol–water partition coefficient (Wildman–Crippen LogP) is 3.20. The Morgan fingerprint density at radius 1 is 1.15 bits per heavy atom. The lowest BCUT2D eigenvalue weighted by molar-refractivity contribution is -0.135. The van der Waals surface area contributed by atoms with Gasteiger partial charge in [-0.05, 0) is 61.8 Å². The van der Waals surface area contributed by atoms with Crippen LogP contribution in [0.25, 0.3) is 0 Å². The molecule has 180 valence electrons. The summed E-state index contributed by atoms with van der Waals surface area (Å²) in [6, 6.07) is 11.1. The number of nitrogens with zero attached hydrogens (tertiary/aromatic N) is 3. The summed E-state index contributed by atoms with van der Waals surface area (Å²) < 4.78 is 1.58. The van der Waals surface area contributed by atoms with E-state index in [-0.39, 0.29) is 40.5 Å². The third-order valence-electron chi connectivity index (χ3n) is 7.87. The van der Waals surface area contributed by atoms with Crippen molar-refractivity contribution >= 4 is 17.4 Å². The average Bonchev–Trinajstić information content (AvgIpc) is 3.23. The van der Waals surface area contributed by atoms with Gasteiger partial charge in [0, 0.05) is 43.6 Å². The van der Waals surface area contributed by atoms with Crippen molar-refractivity contribution in [2.45, 2.75) is 57.4 Å². The number of piperidine rings is 1. The molecule has 2 aromatic rings. The molecule has 1 saturated heterocycles. The maximum Gasteiger partial charge on any atom is 0.275 e. The Bertz CT molecular complexity index is 1160. The number of likely N-dealkylation sites (tertiary alicyclic amines) is 1. The smallest absolute Gasteiger partial charge is 0.275 e. The topological polar surface area (TPSA) is 106 Å². The van der Waals surface area contributed by atoms with E-state index in [1.807, 2.05) is 36.1 Å². The van der Waals surface area contributed by atoms with E-state index < -0.39 is 5.56 Å². The van der Waals surface area contributed by atoms with Gasteiger partial charge in [0.25, 0.3) is 5.56 Å². The molecule has 4 atom stereocenters. The summed E-state index contributed by atoms with van der Waals surface area (Å²) in [5.74, 6) is 0.440. The van der Waals surface area contributed by atoms with Gasteiger partial charge in [-0.1, -0.05) is 24.3 Å². The van der Waals surface area contributed by atoms with Crippen molar-refractivity contribution in [1.29, 1.82) is 0 Å². The summed E-state index contributed by atoms with van der Waals surface area (Å²) in [6.45, 7) is 3.45. The number of carbonyl (C=O) groups is 2. The van der Waals surface area contributed by atoms with Gasteiger partial charge in [0.2, 0.25) is 5.91 Å². The molecule has 8 nitrogen and oxygen atoms in total. The van der Waals surface area contributed by atoms with Crippen molar-refractivity contribution < 1.29 is 14.8 Å². The van der Waals surface area contributed by atoms with Crippen LogP contribution in [0.3, 0.4) is 0 Å². The molecular formula is C26H30N3O5-. The zero-order valence-electron chi connectivity index (χ0n) is 19.4. The molecule has 1 saturated carbocycles. The van der Waals surface area contributed by atoms with E-state index in [0.717, 1.165) is 42.5 Å². The number of fused-ring (bicyclic) bond motifs is 4. The first-order valence-electron chi connectivity index (χ1n) is 12.1. The lowest BCUT2D eigenvalue weighted by atomic mass is 9.82. The number of ketones is 1. The van der Waals surface area contributed by atoms with E-state index in [0.29, 0.717) is 31.8 Å². The van der Waals surface area contributed by atoms with Gasteiger partial charge in [0.15, 0.2) is 0 Å². The second kappa shape index (κ2) is 9.00. The summed E-state index contributed by atoms with van der Waals surface area (Å²) in [5, 5.41) is 20.1. The summed E-state index contributed by atoms with van der Waals surface area (Å²) in [6.07, 6.45) is 4.33. The number of hydrogen-bond donors (Lipinski definition) is 1. The quantitative estimate of drug-likeness (QED) is 0.681. The Morgan fingerprint density at radius 2 is 1.91 bits per heavy atom. The lowest BCUT2D eigenvalue weighted by Crippen LogP contribution is -2.50. The molecule has 3 heterocycles. The first kappa shape index (κ1) is 22.8. The number of Topliss-reactive ketones (excluding diaryl/α,β-unsaturated/α-hetero) is 1. The van der Waals surface area contributed by atoms with Crippen LogP contribution < -0.4 is 10.8 Å². The molecule has 34 heavy (non-hydrogen) atoms. The number of benzene rings is 1. The van der Waals surface area contributed by atoms with Gasteiger partial charge in [0.05, 0.1) is 5.92 Å². The minimum Gasteiger partial charge on any atom is -0.733 e. The molecular weight excluding hydrogens is 434 g/mol. The number of pyridine rings is 1. The molecule has 8 heteroatoms. The maximum atomic E-state index is 13.4. The van der Waals surface area contributed by atoms with Crippen molar-refractivity contribution in [3.05, 3.63) is 68.8 Å². The largest absolute Gasteiger partial charge is 0.733 e. The monoisotopic (exact) mass is 464 g/mol. The van der Waals surface area contributed by atoms with Gasteiger partial charge in [-0.2, -0.15) is 0 Å². The number of carbonyl (C=O) groups excluding carboxylic acids is 2. The standard InChI is InChI=1S/C26H30N3O5/c1-16(19-7-5-17(6-8-19)11-20-3-2-4-24(20)30)25(31)27-13-18-12-21(15-27)22-9-10-23(29(33)34)26(32)28(22)14-18/h5-10,16,18,20-21,33H,2-4,11-15H2,1H3/q-1. The van der Waals surface area contributed by atoms with Crippen LogP contribution in [-0.2, 0) is 22.6 Å². The lowest BCUT2D eigenvalue weighted by Gasteiger charge is -2.43. The van der Waals surface area contributed by atoms with E-state index in [9.17, 15) is 24.8 Å². The highest BCUT2D eigenvalue weighted by molar-refractivity contribution is 5.84. The minimum absolute atomic E-state index is 0.0236. The fraction of sp³-hybridized carbons (Fsp3) is 0.500.